The van der Waals surface area contributed by atoms with Gasteiger partial charge >= 0.3 is 0 Å². The summed E-state index contributed by atoms with van der Waals surface area (Å²) in [6.07, 6.45) is 3.07. The third kappa shape index (κ3) is 3.03. The van der Waals surface area contributed by atoms with Crippen LogP contribution in [0.5, 0.6) is 0 Å². The molecular formula is C10H13FN2S. The summed E-state index contributed by atoms with van der Waals surface area (Å²) in [6, 6.07) is 0. The van der Waals surface area contributed by atoms with E-state index in [0.29, 0.717) is 0 Å². The first-order chi connectivity index (χ1) is 6.63. The summed E-state index contributed by atoms with van der Waals surface area (Å²) in [5, 5.41) is 4.06. The molecule has 0 aromatic heterocycles. The molecule has 1 heterocycles. The van der Waals surface area contributed by atoms with E-state index in [9.17, 15) is 4.39 Å². The molecule has 1 saturated heterocycles. The summed E-state index contributed by atoms with van der Waals surface area (Å²) >= 11 is 1.64. The summed E-state index contributed by atoms with van der Waals surface area (Å²) in [5.74, 6) is 0.432. The third-order valence-corrected chi connectivity index (χ3v) is 2.80. The molecule has 0 bridgehead atoms. The quantitative estimate of drug-likeness (QED) is 0.711. The van der Waals surface area contributed by atoms with Crippen LogP contribution in [0.4, 0.5) is 4.39 Å². The van der Waals surface area contributed by atoms with Crippen LogP contribution in [0, 0.1) is 0 Å². The fraction of sp³-hybridized carbons (Fsp3) is 0.300. The highest BCUT2D eigenvalue weighted by atomic mass is 32.2. The second-order valence-corrected chi connectivity index (χ2v) is 3.85. The Labute approximate surface area is 87.7 Å². The molecule has 0 aromatic carbocycles. The molecule has 0 saturated carbocycles. The van der Waals surface area contributed by atoms with E-state index in [-0.39, 0.29) is 0 Å². The predicted molar refractivity (Wildman–Crippen MR) is 61.0 cm³/mol. The predicted octanol–water partition coefficient (Wildman–Crippen LogP) is 2.62. The van der Waals surface area contributed by atoms with Gasteiger partial charge in [-0.2, -0.15) is 0 Å². The molecular weight excluding hydrogens is 199 g/mol. The van der Waals surface area contributed by atoms with Crippen LogP contribution in [-0.2, 0) is 0 Å². The van der Waals surface area contributed by atoms with Crippen LogP contribution in [-0.4, -0.2) is 18.0 Å². The normalized spacial score (nSPS) is 22.9. The Balaban J connectivity index is 2.71. The van der Waals surface area contributed by atoms with Crippen molar-refractivity contribution < 1.29 is 4.39 Å². The van der Waals surface area contributed by atoms with Gasteiger partial charge in [0.15, 0.2) is 5.17 Å². The summed E-state index contributed by atoms with van der Waals surface area (Å²) in [4.78, 5) is 4.03. The average Bonchev–Trinajstić information content (AvgIpc) is 2.62. The molecule has 0 unspecified atom stereocenters. The van der Waals surface area contributed by atoms with Crippen LogP contribution in [0.2, 0.25) is 0 Å². The van der Waals surface area contributed by atoms with Crippen LogP contribution in [0.1, 0.15) is 6.92 Å². The Bertz CT molecular complexity index is 329. The number of halogens is 1. The van der Waals surface area contributed by atoms with Gasteiger partial charge in [-0.05, 0) is 18.6 Å². The zero-order chi connectivity index (χ0) is 10.6. The number of hydrogen-bond donors (Lipinski definition) is 1. The van der Waals surface area contributed by atoms with Crippen molar-refractivity contribution in [2.45, 2.75) is 6.92 Å². The molecule has 1 aliphatic rings. The van der Waals surface area contributed by atoms with Crippen LogP contribution in [0.15, 0.2) is 40.8 Å². The fourth-order valence-corrected chi connectivity index (χ4v) is 1.90. The molecule has 0 amide bonds. The van der Waals surface area contributed by atoms with Crippen molar-refractivity contribution in [3.63, 3.8) is 0 Å². The minimum Gasteiger partial charge on any atom is -0.338 e. The molecule has 1 rings (SSSR count). The van der Waals surface area contributed by atoms with E-state index in [2.05, 4.69) is 16.9 Å². The molecule has 1 aliphatic heterocycles. The summed E-state index contributed by atoms with van der Waals surface area (Å²) < 4.78 is 12.3. The first-order valence-corrected chi connectivity index (χ1v) is 5.21. The second-order valence-electron chi connectivity index (χ2n) is 2.88. The Hall–Kier alpha value is -1.03. The van der Waals surface area contributed by atoms with Gasteiger partial charge in [-0.25, -0.2) is 4.39 Å². The van der Waals surface area contributed by atoms with Crippen LogP contribution >= 0.6 is 11.8 Å². The smallest absolute Gasteiger partial charge is 0.160 e. The van der Waals surface area contributed by atoms with Gasteiger partial charge < -0.3 is 5.32 Å². The summed E-state index contributed by atoms with van der Waals surface area (Å²) in [6.45, 7) is 5.09. The zero-order valence-electron chi connectivity index (χ0n) is 8.30. The second kappa shape index (κ2) is 5.00. The van der Waals surface area contributed by atoms with Crippen LogP contribution in [0.3, 0.4) is 0 Å². The van der Waals surface area contributed by atoms with Crippen molar-refractivity contribution in [3.8, 4) is 0 Å². The van der Waals surface area contributed by atoms with E-state index in [1.54, 1.807) is 24.9 Å². The Morgan fingerprint density at radius 1 is 1.64 bits per heavy atom. The van der Waals surface area contributed by atoms with Gasteiger partial charge in [0.25, 0.3) is 0 Å². The topological polar surface area (TPSA) is 24.4 Å². The number of hydrogen-bond acceptors (Lipinski definition) is 2. The Morgan fingerprint density at radius 3 is 2.86 bits per heavy atom. The number of aliphatic imine (C=N–C) groups is 1. The number of allylic oxidation sites excluding steroid dienone is 4. The highest BCUT2D eigenvalue weighted by molar-refractivity contribution is 8.14. The molecule has 14 heavy (non-hydrogen) atoms. The van der Waals surface area contributed by atoms with E-state index in [0.717, 1.165) is 22.2 Å². The summed E-state index contributed by atoms with van der Waals surface area (Å²) in [7, 11) is 1.74. The van der Waals surface area contributed by atoms with Gasteiger partial charge in [0.2, 0.25) is 0 Å². The lowest BCUT2D eigenvalue weighted by atomic mass is 10.2. The third-order valence-electron chi connectivity index (χ3n) is 1.80. The van der Waals surface area contributed by atoms with Crippen molar-refractivity contribution in [1.29, 1.82) is 0 Å². The Kier molecular flexibility index (Phi) is 3.95. The lowest BCUT2D eigenvalue weighted by Crippen LogP contribution is -2.12. The zero-order valence-corrected chi connectivity index (χ0v) is 9.12. The van der Waals surface area contributed by atoms with Gasteiger partial charge in [0.05, 0.1) is 0 Å². The largest absolute Gasteiger partial charge is 0.338 e. The number of rotatable bonds is 2. The maximum atomic E-state index is 12.3. The van der Waals surface area contributed by atoms with Gasteiger partial charge in [-0.15, -0.1) is 0 Å². The monoisotopic (exact) mass is 212 g/mol. The van der Waals surface area contributed by atoms with Crippen molar-refractivity contribution in [1.82, 2.24) is 5.32 Å². The molecule has 76 valence electrons. The molecule has 1 N–H and O–H groups in total. The molecule has 0 spiro atoms. The van der Waals surface area contributed by atoms with E-state index >= 15 is 0 Å². The van der Waals surface area contributed by atoms with Gasteiger partial charge in [-0.1, -0.05) is 24.4 Å². The SMILES string of the molecule is C=C(F)/C=C\C(C)=C1/CSC(=NC)N1. The van der Waals surface area contributed by atoms with Crippen LogP contribution < -0.4 is 5.32 Å². The number of thioether (sulfide) groups is 1. The van der Waals surface area contributed by atoms with Gasteiger partial charge in [-0.3, -0.25) is 4.99 Å². The van der Waals surface area contributed by atoms with Crippen molar-refractivity contribution in [2.75, 3.05) is 12.8 Å². The van der Waals surface area contributed by atoms with Gasteiger partial charge in [0.1, 0.15) is 5.83 Å². The molecule has 4 heteroatoms. The number of nitrogens with one attached hydrogen (secondary N) is 1. The Morgan fingerprint density at radius 2 is 2.36 bits per heavy atom. The van der Waals surface area contributed by atoms with E-state index in [1.807, 2.05) is 6.92 Å². The van der Waals surface area contributed by atoms with E-state index in [1.165, 1.54) is 6.08 Å². The first-order valence-electron chi connectivity index (χ1n) is 4.22. The number of nitrogens with zero attached hydrogens (tertiary/aromatic N) is 1. The lowest BCUT2D eigenvalue weighted by molar-refractivity contribution is 0.671. The van der Waals surface area contributed by atoms with Gasteiger partial charge in [0, 0.05) is 18.5 Å². The van der Waals surface area contributed by atoms with Crippen molar-refractivity contribution >= 4 is 16.9 Å². The highest BCUT2D eigenvalue weighted by Crippen LogP contribution is 2.19. The molecule has 0 radical (unpaired) electrons. The number of amidine groups is 1. The standard InChI is InChI=1S/C10H13FN2S/c1-7(4-5-8(2)11)9-6-14-10(12-3)13-9/h4-5H,2,6H2,1,3H3,(H,12,13)/b5-4-,9-7+. The molecule has 1 fully saturated rings. The van der Waals surface area contributed by atoms with Crippen LogP contribution in [0.25, 0.3) is 0 Å². The molecule has 0 atom stereocenters. The van der Waals surface area contributed by atoms with E-state index in [4.69, 9.17) is 0 Å². The van der Waals surface area contributed by atoms with Crippen molar-refractivity contribution in [3.05, 3.63) is 35.8 Å². The fourth-order valence-electron chi connectivity index (χ4n) is 0.991. The minimum absolute atomic E-state index is 0.431. The summed E-state index contributed by atoms with van der Waals surface area (Å²) in [5.41, 5.74) is 2.09. The first kappa shape index (κ1) is 11.0. The molecule has 2 nitrogen and oxygen atoms in total. The van der Waals surface area contributed by atoms with E-state index < -0.39 is 5.83 Å². The van der Waals surface area contributed by atoms with Crippen molar-refractivity contribution in [2.24, 2.45) is 4.99 Å². The lowest BCUT2D eigenvalue weighted by Gasteiger charge is -2.00. The highest BCUT2D eigenvalue weighted by Gasteiger charge is 2.13. The average molecular weight is 212 g/mol. The molecule has 0 aromatic rings. The minimum atomic E-state index is -0.431. The molecule has 0 aliphatic carbocycles. The maximum absolute atomic E-state index is 12.3. The maximum Gasteiger partial charge on any atom is 0.160 e.